The highest BCUT2D eigenvalue weighted by Gasteiger charge is 2.43. The molecular formula is C21H20F3N3O4. The van der Waals surface area contributed by atoms with Gasteiger partial charge in [0.15, 0.2) is 6.29 Å². The Hall–Kier alpha value is -3.53. The second-order valence-corrected chi connectivity index (χ2v) is 6.74. The maximum absolute atomic E-state index is 12.4. The maximum atomic E-state index is 12.4. The summed E-state index contributed by atoms with van der Waals surface area (Å²) in [5.74, 6) is -2.26. The summed E-state index contributed by atoms with van der Waals surface area (Å²) >= 11 is 0. The fourth-order valence-corrected chi connectivity index (χ4v) is 2.98. The van der Waals surface area contributed by atoms with Gasteiger partial charge in [0, 0.05) is 5.57 Å². The average Bonchev–Trinajstić information content (AvgIpc) is 2.74. The minimum Gasteiger partial charge on any atom is -0.497 e. The lowest BCUT2D eigenvalue weighted by Crippen LogP contribution is -2.56. The Bertz CT molecular complexity index is 1010. The van der Waals surface area contributed by atoms with E-state index in [1.54, 1.807) is 7.11 Å². The average molecular weight is 435 g/mol. The Balaban J connectivity index is 1.72. The van der Waals surface area contributed by atoms with Gasteiger partial charge in [-0.25, -0.2) is 4.79 Å². The first-order valence-electron chi connectivity index (χ1n) is 9.25. The molecule has 0 radical (unpaired) electrons. The number of hydrogen-bond donors (Lipinski definition) is 2. The first-order chi connectivity index (χ1) is 14.7. The molecule has 1 aliphatic heterocycles. The monoisotopic (exact) mass is 435 g/mol. The van der Waals surface area contributed by atoms with Gasteiger partial charge in [-0.2, -0.15) is 18.2 Å². The zero-order valence-corrected chi connectivity index (χ0v) is 16.5. The summed E-state index contributed by atoms with van der Waals surface area (Å²) in [5, 5.41) is 2.75. The van der Waals surface area contributed by atoms with Crippen molar-refractivity contribution in [3.8, 4) is 16.9 Å². The van der Waals surface area contributed by atoms with E-state index in [0.717, 1.165) is 28.6 Å². The van der Waals surface area contributed by atoms with E-state index < -0.39 is 24.3 Å². The Morgan fingerprint density at radius 3 is 2.48 bits per heavy atom. The molecule has 0 bridgehead atoms. The molecule has 1 heterocycles. The topological polar surface area (TPSA) is 93.9 Å². The van der Waals surface area contributed by atoms with Crippen molar-refractivity contribution in [2.45, 2.75) is 25.3 Å². The van der Waals surface area contributed by atoms with Crippen LogP contribution in [0.15, 0.2) is 60.3 Å². The molecular weight excluding hydrogens is 415 g/mol. The molecule has 0 fully saturated rings. The van der Waals surface area contributed by atoms with Crippen LogP contribution in [0.5, 0.6) is 5.75 Å². The fourth-order valence-electron chi connectivity index (χ4n) is 2.98. The van der Waals surface area contributed by atoms with E-state index in [9.17, 15) is 22.8 Å². The van der Waals surface area contributed by atoms with Crippen molar-refractivity contribution in [3.05, 3.63) is 65.9 Å². The first kappa shape index (κ1) is 22.2. The first-order valence-corrected chi connectivity index (χ1v) is 9.25. The van der Waals surface area contributed by atoms with Gasteiger partial charge in [0.05, 0.1) is 13.3 Å². The van der Waals surface area contributed by atoms with Gasteiger partial charge in [0.25, 0.3) is 5.91 Å². The number of benzene rings is 2. The second kappa shape index (κ2) is 9.09. The number of rotatable bonds is 6. The number of carbonyl (C=O) groups is 2. The van der Waals surface area contributed by atoms with Crippen LogP contribution in [0.25, 0.3) is 11.1 Å². The Labute approximate surface area is 176 Å². The number of halogens is 3. The molecule has 1 atom stereocenters. The molecule has 1 unspecified atom stereocenters. The normalized spacial score (nSPS) is 16.4. The number of hydrogen-bond acceptors (Lipinski definition) is 6. The third-order valence-corrected chi connectivity index (χ3v) is 4.56. The molecule has 0 saturated heterocycles. The van der Waals surface area contributed by atoms with Crippen LogP contribution in [-0.2, 0) is 20.8 Å². The van der Waals surface area contributed by atoms with Gasteiger partial charge in [-0.3, -0.25) is 10.5 Å². The van der Waals surface area contributed by atoms with Crippen LogP contribution >= 0.6 is 0 Å². The summed E-state index contributed by atoms with van der Waals surface area (Å²) in [5.41, 5.74) is 8.46. The molecule has 0 saturated carbocycles. The van der Waals surface area contributed by atoms with Crippen molar-refractivity contribution >= 4 is 11.9 Å². The van der Waals surface area contributed by atoms with Crippen molar-refractivity contribution < 1.29 is 32.3 Å². The van der Waals surface area contributed by atoms with E-state index in [-0.39, 0.29) is 12.0 Å². The predicted octanol–water partition coefficient (Wildman–Crippen LogP) is 2.87. The van der Waals surface area contributed by atoms with Crippen LogP contribution in [0, 0.1) is 0 Å². The number of alkyl halides is 3. The molecule has 10 heteroatoms. The predicted molar refractivity (Wildman–Crippen MR) is 105 cm³/mol. The van der Waals surface area contributed by atoms with E-state index in [1.165, 1.54) is 0 Å². The van der Waals surface area contributed by atoms with E-state index in [2.05, 4.69) is 10.2 Å². The van der Waals surface area contributed by atoms with Gasteiger partial charge < -0.3 is 14.9 Å². The third kappa shape index (κ3) is 5.54. The Kier molecular flexibility index (Phi) is 6.50. The Morgan fingerprint density at radius 2 is 1.81 bits per heavy atom. The molecule has 0 aromatic heterocycles. The molecule has 1 aliphatic rings. The Morgan fingerprint density at radius 1 is 1.13 bits per heavy atom. The molecule has 31 heavy (non-hydrogen) atoms. The molecule has 164 valence electrons. The lowest BCUT2D eigenvalue weighted by atomic mass is 9.99. The number of ether oxygens (including phenoxy) is 1. The molecule has 3 rings (SSSR count). The van der Waals surface area contributed by atoms with Crippen LogP contribution in [0.2, 0.25) is 0 Å². The van der Waals surface area contributed by atoms with Crippen molar-refractivity contribution in [2.75, 3.05) is 7.11 Å². The zero-order chi connectivity index (χ0) is 22.6. The molecule has 1 amide bonds. The lowest BCUT2D eigenvalue weighted by Gasteiger charge is -2.31. The number of hydroxylamine groups is 2. The largest absolute Gasteiger partial charge is 0.497 e. The third-order valence-electron chi connectivity index (χ3n) is 4.56. The number of nitrogens with two attached hydrogens (primary N) is 1. The summed E-state index contributed by atoms with van der Waals surface area (Å²) in [6.07, 6.45) is -4.97. The van der Waals surface area contributed by atoms with Crippen molar-refractivity contribution in [1.29, 1.82) is 0 Å². The lowest BCUT2D eigenvalue weighted by molar-refractivity contribution is -0.237. The van der Waals surface area contributed by atoms with E-state index in [1.807, 2.05) is 48.5 Å². The minimum absolute atomic E-state index is 0.128. The highest BCUT2D eigenvalue weighted by Crippen LogP contribution is 2.26. The van der Waals surface area contributed by atoms with Gasteiger partial charge in [-0.15, -0.1) is 0 Å². The van der Waals surface area contributed by atoms with E-state index in [0.29, 0.717) is 11.5 Å². The van der Waals surface area contributed by atoms with Gasteiger partial charge in [-0.05, 0) is 41.7 Å². The van der Waals surface area contributed by atoms with Crippen LogP contribution in [0.3, 0.4) is 0 Å². The summed E-state index contributed by atoms with van der Waals surface area (Å²) in [6.45, 7) is 0. The summed E-state index contributed by atoms with van der Waals surface area (Å²) in [7, 11) is 1.58. The van der Waals surface area contributed by atoms with Crippen LogP contribution in [0.1, 0.15) is 12.0 Å². The SMILES string of the molecule is COc1cccc(-c2cccc(CCC3=CN(OC(=O)C(F)(F)F)C(N)NC3=O)c2)c1. The highest BCUT2D eigenvalue weighted by molar-refractivity contribution is 5.94. The van der Waals surface area contributed by atoms with Crippen LogP contribution in [0.4, 0.5) is 13.2 Å². The smallest absolute Gasteiger partial charge is 0.493 e. The number of methoxy groups -OCH3 is 1. The number of nitrogens with one attached hydrogen (secondary N) is 1. The molecule has 2 aromatic carbocycles. The molecule has 2 aromatic rings. The highest BCUT2D eigenvalue weighted by atomic mass is 19.4. The van der Waals surface area contributed by atoms with E-state index >= 15 is 0 Å². The number of amides is 1. The van der Waals surface area contributed by atoms with Crippen LogP contribution < -0.4 is 15.8 Å². The van der Waals surface area contributed by atoms with Crippen molar-refractivity contribution in [3.63, 3.8) is 0 Å². The zero-order valence-electron chi connectivity index (χ0n) is 16.5. The minimum atomic E-state index is -5.18. The standard InChI is InChI=1S/C21H20F3N3O4/c1-30-17-7-3-6-15(11-17)14-5-2-4-13(10-14)8-9-16-12-27(20(25)26-18(16)28)31-19(29)21(22,23)24/h2-7,10-12,20H,8-9,25H2,1H3,(H,26,28). The number of nitrogens with zero attached hydrogens (tertiary/aromatic N) is 1. The second-order valence-electron chi connectivity index (χ2n) is 6.74. The molecule has 3 N–H and O–H groups in total. The van der Waals surface area contributed by atoms with E-state index in [4.69, 9.17) is 10.5 Å². The van der Waals surface area contributed by atoms with Gasteiger partial charge in [0.1, 0.15) is 5.75 Å². The van der Waals surface area contributed by atoms with Gasteiger partial charge in [-0.1, -0.05) is 36.4 Å². The number of carbonyl (C=O) groups excluding carboxylic acids is 2. The molecule has 7 nitrogen and oxygen atoms in total. The summed E-state index contributed by atoms with van der Waals surface area (Å²) < 4.78 is 42.6. The fraction of sp³-hybridized carbons (Fsp3) is 0.238. The van der Waals surface area contributed by atoms with Gasteiger partial charge >= 0.3 is 12.1 Å². The summed E-state index contributed by atoms with van der Waals surface area (Å²) in [4.78, 5) is 27.5. The quantitative estimate of drug-likeness (QED) is 0.725. The van der Waals surface area contributed by atoms with Gasteiger partial charge in [0.2, 0.25) is 0 Å². The molecule has 0 aliphatic carbocycles. The van der Waals surface area contributed by atoms with Crippen LogP contribution in [-0.4, -0.2) is 36.5 Å². The van der Waals surface area contributed by atoms with Crippen molar-refractivity contribution in [1.82, 2.24) is 10.4 Å². The molecule has 0 spiro atoms. The maximum Gasteiger partial charge on any atom is 0.493 e. The summed E-state index contributed by atoms with van der Waals surface area (Å²) in [6, 6.07) is 15.2. The number of aryl methyl sites for hydroxylation is 1. The van der Waals surface area contributed by atoms with Crippen molar-refractivity contribution in [2.24, 2.45) is 5.73 Å².